The Kier molecular flexibility index (Phi) is 14.1. The minimum absolute atomic E-state index is 0.0565. The highest BCUT2D eigenvalue weighted by Crippen LogP contribution is 2.47. The van der Waals surface area contributed by atoms with Crippen LogP contribution in [-0.4, -0.2) is 66.8 Å². The van der Waals surface area contributed by atoms with Crippen molar-refractivity contribution in [2.24, 2.45) is 0 Å². The van der Waals surface area contributed by atoms with Crippen LogP contribution in [0.4, 0.5) is 5.69 Å². The maximum Gasteiger partial charge on any atom is 0.242 e. The number of nitrogens with one attached hydrogen (secondary N) is 2. The Balaban J connectivity index is 1.18. The summed E-state index contributed by atoms with van der Waals surface area (Å²) >= 11 is 0. The Morgan fingerprint density at radius 2 is 1.43 bits per heavy atom. The molecule has 1 aliphatic rings. The molecule has 6 aromatic rings. The van der Waals surface area contributed by atoms with E-state index in [1.54, 1.807) is 54.6 Å². The van der Waals surface area contributed by atoms with Crippen molar-refractivity contribution in [3.63, 3.8) is 0 Å². The lowest BCUT2D eigenvalue weighted by molar-refractivity contribution is -0.263. The first kappa shape index (κ1) is 43.4. The van der Waals surface area contributed by atoms with Gasteiger partial charge >= 0.3 is 0 Å². The van der Waals surface area contributed by atoms with Gasteiger partial charge in [0.1, 0.15) is 11.8 Å². The summed E-state index contributed by atoms with van der Waals surface area (Å²) in [5.41, 5.74) is 5.94. The summed E-state index contributed by atoms with van der Waals surface area (Å²) in [4.78, 5) is 16.1. The summed E-state index contributed by atoms with van der Waals surface area (Å²) in [7, 11) is -2.16. The number of ether oxygens (including phenoxy) is 2. The molecular weight excluding hydrogens is 791 g/mol. The molecule has 1 amide bonds. The molecule has 0 spiro atoms. The number of aliphatic hydroxyl groups excluding tert-OH is 2. The minimum atomic E-state index is -4.06. The molecule has 12 heteroatoms. The number of nitrogens with zero attached hydrogens (tertiary/aromatic N) is 1. The second kappa shape index (κ2) is 19.8. The topological polar surface area (TPSA) is 158 Å². The summed E-state index contributed by atoms with van der Waals surface area (Å²) in [5, 5.41) is 34.0. The first-order valence-corrected chi connectivity index (χ1v) is 21.7. The average Bonchev–Trinajstić information content (AvgIpc) is 3.26. The number of aryl methyl sites for hydroxylation is 1. The number of aromatic hydroxyl groups is 1. The Bertz CT molecular complexity index is 2470. The van der Waals surface area contributed by atoms with Crippen LogP contribution in [0.15, 0.2) is 163 Å². The SMILES string of the molecule is Cc1ccc(S(=O)(=O)NC(Cc2ccccc2)C(=O)Nc2cccc(C3OC(CN(C)CC(O)c4cccc(O)c4)C(c4ccccc4)C(c4ccc(CO)cc4)O3)c2)cc1. The van der Waals surface area contributed by atoms with Gasteiger partial charge in [0.15, 0.2) is 6.29 Å². The minimum Gasteiger partial charge on any atom is -0.508 e. The van der Waals surface area contributed by atoms with Gasteiger partial charge in [0.25, 0.3) is 0 Å². The predicted octanol–water partition coefficient (Wildman–Crippen LogP) is 7.33. The maximum absolute atomic E-state index is 14.1. The zero-order chi connectivity index (χ0) is 42.9. The molecule has 1 fully saturated rings. The normalized spacial score (nSPS) is 19.0. The van der Waals surface area contributed by atoms with E-state index in [-0.39, 0.29) is 36.1 Å². The van der Waals surface area contributed by atoms with E-state index in [1.807, 2.05) is 110 Å². The summed E-state index contributed by atoms with van der Waals surface area (Å²) in [6, 6.07) is 45.8. The van der Waals surface area contributed by atoms with Gasteiger partial charge in [0, 0.05) is 30.3 Å². The molecule has 0 aliphatic carbocycles. The molecule has 1 saturated heterocycles. The van der Waals surface area contributed by atoms with E-state index in [2.05, 4.69) is 10.0 Å². The van der Waals surface area contributed by atoms with Crippen molar-refractivity contribution in [1.82, 2.24) is 9.62 Å². The van der Waals surface area contributed by atoms with Crippen LogP contribution >= 0.6 is 0 Å². The lowest BCUT2D eigenvalue weighted by atomic mass is 9.83. The number of phenolic OH excluding ortho intramolecular Hbond substituents is 1. The van der Waals surface area contributed by atoms with Crippen LogP contribution in [0.3, 0.4) is 0 Å². The third-order valence-electron chi connectivity index (χ3n) is 10.9. The molecule has 6 atom stereocenters. The predicted molar refractivity (Wildman–Crippen MR) is 234 cm³/mol. The van der Waals surface area contributed by atoms with E-state index < -0.39 is 46.6 Å². The smallest absolute Gasteiger partial charge is 0.242 e. The van der Waals surface area contributed by atoms with Gasteiger partial charge in [-0.05, 0) is 84.6 Å². The lowest BCUT2D eigenvalue weighted by Gasteiger charge is -2.44. The number of rotatable bonds is 16. The standard InChI is InChI=1S/C49H51N3O8S/c1-33-19-25-42(26-20-33)61(57,58)51-43(27-34-11-5-3-6-12-34)48(56)50-40-17-9-16-39(28-40)49-59-45(31-52(2)30-44(55)38-15-10-18-41(54)29-38)46(36-13-7-4-8-14-36)47(60-49)37-23-21-35(32-53)22-24-37/h3-26,28-29,43-47,49,51,53-55H,27,30-32H2,1-2H3,(H,50,56). The Hall–Kier alpha value is -5.70. The number of aliphatic hydroxyl groups is 2. The van der Waals surface area contributed by atoms with Crippen molar-refractivity contribution in [3.05, 3.63) is 197 Å². The first-order valence-electron chi connectivity index (χ1n) is 20.2. The lowest BCUT2D eigenvalue weighted by Crippen LogP contribution is -2.45. The van der Waals surface area contributed by atoms with E-state index in [0.29, 0.717) is 23.4 Å². The third-order valence-corrected chi connectivity index (χ3v) is 12.3. The second-order valence-corrected chi connectivity index (χ2v) is 17.2. The average molecular weight is 842 g/mol. The molecule has 0 aromatic heterocycles. The number of benzene rings is 6. The number of hydrogen-bond acceptors (Lipinski definition) is 9. The summed E-state index contributed by atoms with van der Waals surface area (Å²) < 4.78 is 43.6. The number of hydrogen-bond donors (Lipinski definition) is 5. The highest BCUT2D eigenvalue weighted by Gasteiger charge is 2.42. The zero-order valence-corrected chi connectivity index (χ0v) is 34.9. The fraction of sp³-hybridized carbons (Fsp3) is 0.245. The number of phenols is 1. The second-order valence-electron chi connectivity index (χ2n) is 15.5. The molecule has 6 aromatic carbocycles. The summed E-state index contributed by atoms with van der Waals surface area (Å²) in [5.74, 6) is -0.776. The molecule has 1 heterocycles. The number of likely N-dealkylation sites (N-methyl/N-ethyl adjacent to an activating group) is 1. The van der Waals surface area contributed by atoms with E-state index in [1.165, 1.54) is 12.1 Å². The fourth-order valence-electron chi connectivity index (χ4n) is 7.68. The van der Waals surface area contributed by atoms with E-state index in [4.69, 9.17) is 9.47 Å². The van der Waals surface area contributed by atoms with Crippen molar-refractivity contribution in [2.75, 3.05) is 25.5 Å². The molecule has 6 unspecified atom stereocenters. The van der Waals surface area contributed by atoms with Crippen molar-refractivity contribution >= 4 is 21.6 Å². The van der Waals surface area contributed by atoms with Gasteiger partial charge in [-0.3, -0.25) is 4.79 Å². The molecule has 0 saturated carbocycles. The molecule has 11 nitrogen and oxygen atoms in total. The summed E-state index contributed by atoms with van der Waals surface area (Å²) in [6.45, 7) is 2.41. The van der Waals surface area contributed by atoms with Crippen molar-refractivity contribution in [1.29, 1.82) is 0 Å². The quantitative estimate of drug-likeness (QED) is 0.0674. The maximum atomic E-state index is 14.1. The van der Waals surface area contributed by atoms with Crippen LogP contribution in [0.1, 0.15) is 63.4 Å². The molecular formula is C49H51N3O8S. The van der Waals surface area contributed by atoms with Crippen molar-refractivity contribution in [3.8, 4) is 5.75 Å². The van der Waals surface area contributed by atoms with E-state index in [0.717, 1.165) is 27.8 Å². The Morgan fingerprint density at radius 1 is 0.754 bits per heavy atom. The number of amides is 1. The molecule has 0 bridgehead atoms. The van der Waals surface area contributed by atoms with Gasteiger partial charge in [-0.25, -0.2) is 8.42 Å². The van der Waals surface area contributed by atoms with Crippen LogP contribution in [-0.2, 0) is 37.3 Å². The molecule has 0 radical (unpaired) electrons. The van der Waals surface area contributed by atoms with Gasteiger partial charge in [0.05, 0.1) is 29.8 Å². The monoisotopic (exact) mass is 841 g/mol. The number of carbonyl (C=O) groups excluding carboxylic acids is 1. The highest BCUT2D eigenvalue weighted by molar-refractivity contribution is 7.89. The summed E-state index contributed by atoms with van der Waals surface area (Å²) in [6.07, 6.45) is -2.67. The van der Waals surface area contributed by atoms with Crippen LogP contribution in [0.5, 0.6) is 5.75 Å². The molecule has 316 valence electrons. The van der Waals surface area contributed by atoms with E-state index >= 15 is 0 Å². The Morgan fingerprint density at radius 3 is 2.11 bits per heavy atom. The highest BCUT2D eigenvalue weighted by atomic mass is 32.2. The number of carbonyl (C=O) groups is 1. The van der Waals surface area contributed by atoms with Crippen molar-refractivity contribution in [2.45, 2.75) is 61.4 Å². The number of sulfonamides is 1. The molecule has 61 heavy (non-hydrogen) atoms. The van der Waals surface area contributed by atoms with Gasteiger partial charge in [-0.2, -0.15) is 4.72 Å². The van der Waals surface area contributed by atoms with Gasteiger partial charge in [0.2, 0.25) is 15.9 Å². The molecule has 1 aliphatic heterocycles. The first-order chi connectivity index (χ1) is 29.4. The van der Waals surface area contributed by atoms with Crippen LogP contribution in [0, 0.1) is 6.92 Å². The Labute approximate surface area is 357 Å². The third kappa shape index (κ3) is 11.2. The van der Waals surface area contributed by atoms with Crippen LogP contribution in [0.2, 0.25) is 0 Å². The largest absolute Gasteiger partial charge is 0.508 e. The molecule has 5 N–H and O–H groups in total. The van der Waals surface area contributed by atoms with Crippen LogP contribution in [0.25, 0.3) is 0 Å². The van der Waals surface area contributed by atoms with Gasteiger partial charge in [-0.1, -0.05) is 127 Å². The zero-order valence-electron chi connectivity index (χ0n) is 34.0. The van der Waals surface area contributed by atoms with Gasteiger partial charge in [-0.15, -0.1) is 0 Å². The van der Waals surface area contributed by atoms with Crippen LogP contribution < -0.4 is 10.0 Å². The van der Waals surface area contributed by atoms with Crippen molar-refractivity contribution < 1.29 is 38.0 Å². The fourth-order valence-corrected chi connectivity index (χ4v) is 8.88. The van der Waals surface area contributed by atoms with E-state index in [9.17, 15) is 28.5 Å². The molecule has 7 rings (SSSR count). The van der Waals surface area contributed by atoms with Gasteiger partial charge < -0.3 is 35.0 Å². The number of anilines is 1.